The molecular weight excluding hydrogens is 482 g/mol. The van der Waals surface area contributed by atoms with Crippen LogP contribution in [0.2, 0.25) is 0 Å². The van der Waals surface area contributed by atoms with Crippen LogP contribution >= 0.6 is 0 Å². The predicted octanol–water partition coefficient (Wildman–Crippen LogP) is 5.00. The number of hydrogen-bond donors (Lipinski definition) is 1. The molecule has 1 N–H and O–H groups in total. The van der Waals surface area contributed by atoms with E-state index in [0.29, 0.717) is 13.2 Å². The van der Waals surface area contributed by atoms with Crippen molar-refractivity contribution in [1.29, 1.82) is 0 Å². The van der Waals surface area contributed by atoms with Crippen molar-refractivity contribution in [3.63, 3.8) is 0 Å². The van der Waals surface area contributed by atoms with Crippen molar-refractivity contribution in [2.24, 2.45) is 0 Å². The van der Waals surface area contributed by atoms with Crippen molar-refractivity contribution in [1.82, 2.24) is 5.32 Å². The van der Waals surface area contributed by atoms with E-state index in [1.165, 1.54) is 13.3 Å². The van der Waals surface area contributed by atoms with Gasteiger partial charge in [-0.25, -0.2) is 0 Å². The van der Waals surface area contributed by atoms with Gasteiger partial charge in [-0.15, -0.1) is 0 Å². The highest BCUT2D eigenvalue weighted by atomic mass is 16.8. The molecule has 2 heterocycles. The van der Waals surface area contributed by atoms with Crippen molar-refractivity contribution in [2.45, 2.75) is 95.6 Å². The summed E-state index contributed by atoms with van der Waals surface area (Å²) < 4.78 is 32.1. The van der Waals surface area contributed by atoms with E-state index in [9.17, 15) is 4.79 Å². The Bertz CT molecular complexity index is 1050. The lowest BCUT2D eigenvalue weighted by atomic mass is 9.94. The van der Waals surface area contributed by atoms with Crippen LogP contribution in [0.25, 0.3) is 6.08 Å². The van der Waals surface area contributed by atoms with Crippen LogP contribution in [0, 0.1) is 0 Å². The largest absolute Gasteiger partial charge is 0.368 e. The Hall–Kier alpha value is -2.55. The molecule has 1 aliphatic carbocycles. The molecule has 3 aliphatic rings. The fraction of sp³-hybridized carbons (Fsp3) is 0.516. The van der Waals surface area contributed by atoms with Crippen molar-refractivity contribution >= 4 is 12.0 Å². The lowest BCUT2D eigenvalue weighted by Gasteiger charge is -2.50. The number of ether oxygens (including phenoxy) is 5. The molecule has 1 saturated carbocycles. The van der Waals surface area contributed by atoms with Crippen LogP contribution in [0.3, 0.4) is 0 Å². The Balaban J connectivity index is 1.39. The van der Waals surface area contributed by atoms with Crippen LogP contribution in [0.4, 0.5) is 0 Å². The van der Waals surface area contributed by atoms with Gasteiger partial charge in [0.25, 0.3) is 0 Å². The SMILES string of the molecule is CC(=O)N[C@H]1[C@H](OC2CCCCC2)O[C@@H]2CO[C@@H](/C(C)=C/c3ccccc3)O[C@H]2[C@@H]1OCc1ccccc1. The van der Waals surface area contributed by atoms with E-state index in [2.05, 4.69) is 11.4 Å². The third-order valence-corrected chi connectivity index (χ3v) is 7.44. The van der Waals surface area contributed by atoms with E-state index < -0.39 is 30.8 Å². The summed E-state index contributed by atoms with van der Waals surface area (Å²) in [6.07, 6.45) is 5.17. The molecule has 2 saturated heterocycles. The zero-order chi connectivity index (χ0) is 26.3. The second-order valence-corrected chi connectivity index (χ2v) is 10.5. The summed E-state index contributed by atoms with van der Waals surface area (Å²) in [5.41, 5.74) is 3.08. The summed E-state index contributed by atoms with van der Waals surface area (Å²) in [4.78, 5) is 12.4. The quantitative estimate of drug-likeness (QED) is 0.527. The summed E-state index contributed by atoms with van der Waals surface area (Å²) in [7, 11) is 0. The van der Waals surface area contributed by atoms with Gasteiger partial charge in [-0.1, -0.05) is 86.0 Å². The van der Waals surface area contributed by atoms with E-state index in [4.69, 9.17) is 23.7 Å². The number of rotatable bonds is 8. The Kier molecular flexibility index (Phi) is 9.25. The minimum Gasteiger partial charge on any atom is -0.368 e. The average Bonchev–Trinajstić information content (AvgIpc) is 2.94. The Morgan fingerprint density at radius 2 is 1.68 bits per heavy atom. The highest BCUT2D eigenvalue weighted by Crippen LogP contribution is 2.35. The maximum absolute atomic E-state index is 12.4. The van der Waals surface area contributed by atoms with Gasteiger partial charge in [0.1, 0.15) is 24.4 Å². The van der Waals surface area contributed by atoms with Gasteiger partial charge in [-0.05, 0) is 36.5 Å². The normalized spacial score (nSPS) is 30.4. The van der Waals surface area contributed by atoms with Gasteiger partial charge < -0.3 is 29.0 Å². The molecule has 204 valence electrons. The molecule has 2 aromatic rings. The monoisotopic (exact) mass is 521 g/mol. The van der Waals surface area contributed by atoms with E-state index >= 15 is 0 Å². The van der Waals surface area contributed by atoms with Crippen LogP contribution in [-0.2, 0) is 35.1 Å². The van der Waals surface area contributed by atoms with Crippen LogP contribution in [0.5, 0.6) is 0 Å². The summed E-state index contributed by atoms with van der Waals surface area (Å²) in [6, 6.07) is 19.6. The standard InChI is InChI=1S/C31H39NO6/c1-21(18-23-12-6-3-7-13-23)30-35-20-26-28(38-30)29(34-19-24-14-8-4-9-15-24)27(32-22(2)33)31(37-26)36-25-16-10-5-11-17-25/h3-4,6-9,12-15,18,25-31H,5,10-11,16-17,19-20H2,1-2H3,(H,32,33)/b21-18+/t26-,27-,28-,29-,30-,31-/m1/s1. The van der Waals surface area contributed by atoms with E-state index in [1.54, 1.807) is 0 Å². The van der Waals surface area contributed by atoms with E-state index in [0.717, 1.165) is 42.4 Å². The number of nitrogens with one attached hydrogen (secondary N) is 1. The molecule has 0 radical (unpaired) electrons. The third kappa shape index (κ3) is 6.90. The van der Waals surface area contributed by atoms with Gasteiger partial charge in [0.2, 0.25) is 5.91 Å². The van der Waals surface area contributed by atoms with Crippen LogP contribution in [-0.4, -0.2) is 55.6 Å². The molecule has 3 fully saturated rings. The zero-order valence-electron chi connectivity index (χ0n) is 22.3. The fourth-order valence-corrected chi connectivity index (χ4v) is 5.55. The van der Waals surface area contributed by atoms with Gasteiger partial charge in [0.15, 0.2) is 12.6 Å². The Labute approximate surface area is 225 Å². The maximum atomic E-state index is 12.4. The van der Waals surface area contributed by atoms with Crippen LogP contribution in [0.15, 0.2) is 66.2 Å². The molecule has 2 aromatic carbocycles. The first-order chi connectivity index (χ1) is 18.6. The van der Waals surface area contributed by atoms with Crippen molar-refractivity contribution in [3.05, 3.63) is 77.4 Å². The summed E-state index contributed by atoms with van der Waals surface area (Å²) in [6.45, 7) is 4.24. The fourth-order valence-electron chi connectivity index (χ4n) is 5.55. The van der Waals surface area contributed by atoms with Crippen LogP contribution < -0.4 is 5.32 Å². The lowest BCUT2D eigenvalue weighted by molar-refractivity contribution is -0.345. The molecule has 38 heavy (non-hydrogen) atoms. The first-order valence-corrected chi connectivity index (χ1v) is 13.8. The van der Waals surface area contributed by atoms with Gasteiger partial charge in [0, 0.05) is 6.92 Å². The van der Waals surface area contributed by atoms with Gasteiger partial charge in [-0.2, -0.15) is 0 Å². The van der Waals surface area contributed by atoms with Crippen molar-refractivity contribution in [2.75, 3.05) is 6.61 Å². The smallest absolute Gasteiger partial charge is 0.217 e. The maximum Gasteiger partial charge on any atom is 0.217 e. The molecule has 0 bridgehead atoms. The molecule has 2 aliphatic heterocycles. The number of carbonyl (C=O) groups excluding carboxylic acids is 1. The second-order valence-electron chi connectivity index (χ2n) is 10.5. The molecule has 7 nitrogen and oxygen atoms in total. The molecule has 1 amide bonds. The second kappa shape index (κ2) is 13.0. The first-order valence-electron chi connectivity index (χ1n) is 13.8. The highest BCUT2D eigenvalue weighted by molar-refractivity contribution is 5.73. The average molecular weight is 522 g/mol. The van der Waals surface area contributed by atoms with Gasteiger partial charge in [-0.3, -0.25) is 4.79 Å². The highest BCUT2D eigenvalue weighted by Gasteiger charge is 2.52. The molecule has 6 atom stereocenters. The molecule has 5 rings (SSSR count). The van der Waals surface area contributed by atoms with Gasteiger partial charge >= 0.3 is 0 Å². The summed E-state index contributed by atoms with van der Waals surface area (Å²) in [5.74, 6) is -0.161. The number of carbonyl (C=O) groups is 1. The minimum atomic E-state index is -0.645. The van der Waals surface area contributed by atoms with E-state index in [-0.39, 0.29) is 18.1 Å². The number of benzene rings is 2. The molecule has 0 spiro atoms. The number of amides is 1. The minimum absolute atomic E-state index is 0.102. The third-order valence-electron chi connectivity index (χ3n) is 7.44. The van der Waals surface area contributed by atoms with Crippen molar-refractivity contribution in [3.8, 4) is 0 Å². The van der Waals surface area contributed by atoms with Gasteiger partial charge in [0.05, 0.1) is 19.3 Å². The molecule has 0 aromatic heterocycles. The zero-order valence-corrected chi connectivity index (χ0v) is 22.3. The summed E-state index contributed by atoms with van der Waals surface area (Å²) in [5, 5.41) is 3.08. The Morgan fingerprint density at radius 3 is 2.39 bits per heavy atom. The lowest BCUT2D eigenvalue weighted by Crippen LogP contribution is -2.68. The summed E-state index contributed by atoms with van der Waals surface area (Å²) >= 11 is 0. The molecule has 7 heteroatoms. The first kappa shape index (κ1) is 27.0. The number of fused-ring (bicyclic) bond motifs is 1. The molecule has 0 unspecified atom stereocenters. The topological polar surface area (TPSA) is 75.3 Å². The van der Waals surface area contributed by atoms with Crippen LogP contribution in [0.1, 0.15) is 57.1 Å². The molecular formula is C31H39NO6. The Morgan fingerprint density at radius 1 is 0.974 bits per heavy atom. The van der Waals surface area contributed by atoms with Crippen molar-refractivity contribution < 1.29 is 28.5 Å². The number of hydrogen-bond acceptors (Lipinski definition) is 6. The predicted molar refractivity (Wildman–Crippen MR) is 144 cm³/mol. The van der Waals surface area contributed by atoms with E-state index in [1.807, 2.05) is 67.6 Å².